The number of anilines is 1. The van der Waals surface area contributed by atoms with Crippen molar-refractivity contribution in [2.75, 3.05) is 12.1 Å². The molecule has 9 heteroatoms. The van der Waals surface area contributed by atoms with Crippen molar-refractivity contribution in [2.45, 2.75) is 20.0 Å². The Hall–Kier alpha value is -3.07. The van der Waals surface area contributed by atoms with Crippen LogP contribution in [0.2, 0.25) is 5.02 Å². The summed E-state index contributed by atoms with van der Waals surface area (Å²) in [5.74, 6) is 12.1. The molecule has 0 bridgehead atoms. The monoisotopic (exact) mass is 428 g/mol. The molecule has 0 spiro atoms. The second kappa shape index (κ2) is 9.17. The summed E-state index contributed by atoms with van der Waals surface area (Å²) in [7, 11) is 3.30. The maximum absolute atomic E-state index is 12.2. The molecule has 0 saturated carbocycles. The average molecular weight is 429 g/mol. The Morgan fingerprint density at radius 2 is 2.00 bits per heavy atom. The van der Waals surface area contributed by atoms with Gasteiger partial charge in [0, 0.05) is 31.4 Å². The van der Waals surface area contributed by atoms with E-state index in [0.717, 1.165) is 38.8 Å². The van der Waals surface area contributed by atoms with Gasteiger partial charge in [-0.25, -0.2) is 21.5 Å². The quantitative estimate of drug-likeness (QED) is 0.355. The first-order valence-electron chi connectivity index (χ1n) is 9.42. The number of hydrazine groups is 2. The standard InChI is InChI=1S/C21H25ClN6O2/c1-4-14-6-5-7-19(28(24)21(29)27(3)23)16(14)13-30-20-9-8-15(12-17(20)22)18-10-11-26(2)25-18/h5-12H,4,13,23-24H2,1-3H3. The van der Waals surface area contributed by atoms with Crippen LogP contribution < -0.4 is 21.4 Å². The van der Waals surface area contributed by atoms with Crippen LogP contribution in [0.15, 0.2) is 48.7 Å². The topological polar surface area (TPSA) is 103 Å². The van der Waals surface area contributed by atoms with Crippen LogP contribution in [0.5, 0.6) is 5.75 Å². The molecule has 0 unspecified atom stereocenters. The predicted molar refractivity (Wildman–Crippen MR) is 118 cm³/mol. The fourth-order valence-electron chi connectivity index (χ4n) is 3.11. The number of nitrogens with zero attached hydrogens (tertiary/aromatic N) is 4. The van der Waals surface area contributed by atoms with Gasteiger partial charge in [0.1, 0.15) is 12.4 Å². The third-order valence-corrected chi connectivity index (χ3v) is 5.01. The minimum absolute atomic E-state index is 0.192. The number of benzene rings is 2. The highest BCUT2D eigenvalue weighted by Gasteiger charge is 2.20. The summed E-state index contributed by atoms with van der Waals surface area (Å²) in [6.45, 7) is 2.21. The van der Waals surface area contributed by atoms with Gasteiger partial charge in [0.05, 0.1) is 16.4 Å². The van der Waals surface area contributed by atoms with E-state index in [1.165, 1.54) is 7.05 Å². The third-order valence-electron chi connectivity index (χ3n) is 4.71. The molecule has 1 heterocycles. The number of nitrogens with two attached hydrogens (primary N) is 2. The van der Waals surface area contributed by atoms with Gasteiger partial charge in [0.15, 0.2) is 0 Å². The molecule has 0 aliphatic rings. The number of rotatable bonds is 6. The molecule has 3 rings (SSSR count). The van der Waals surface area contributed by atoms with Gasteiger partial charge in [-0.05, 0) is 42.3 Å². The zero-order chi connectivity index (χ0) is 21.8. The molecule has 30 heavy (non-hydrogen) atoms. The highest BCUT2D eigenvalue weighted by molar-refractivity contribution is 6.32. The number of aromatic nitrogens is 2. The number of carbonyl (C=O) groups excluding carboxylic acids is 1. The highest BCUT2D eigenvalue weighted by Crippen LogP contribution is 2.32. The maximum Gasteiger partial charge on any atom is 0.352 e. The van der Waals surface area contributed by atoms with E-state index in [9.17, 15) is 4.79 Å². The van der Waals surface area contributed by atoms with Gasteiger partial charge < -0.3 is 4.74 Å². The van der Waals surface area contributed by atoms with E-state index in [2.05, 4.69) is 5.10 Å². The molecule has 2 amide bonds. The highest BCUT2D eigenvalue weighted by atomic mass is 35.5. The second-order valence-electron chi connectivity index (χ2n) is 6.84. The van der Waals surface area contributed by atoms with Crippen LogP contribution in [0, 0.1) is 0 Å². The lowest BCUT2D eigenvalue weighted by atomic mass is 10.0. The van der Waals surface area contributed by atoms with Crippen LogP contribution in [-0.2, 0) is 20.1 Å². The summed E-state index contributed by atoms with van der Waals surface area (Å²) < 4.78 is 7.73. The zero-order valence-corrected chi connectivity index (χ0v) is 17.9. The first kappa shape index (κ1) is 21.6. The Morgan fingerprint density at radius 1 is 1.23 bits per heavy atom. The van der Waals surface area contributed by atoms with Crippen molar-refractivity contribution in [3.63, 3.8) is 0 Å². The van der Waals surface area contributed by atoms with Crippen molar-refractivity contribution in [1.82, 2.24) is 14.8 Å². The Bertz CT molecular complexity index is 1050. The van der Waals surface area contributed by atoms with Crippen LogP contribution in [0.3, 0.4) is 0 Å². The van der Waals surface area contributed by atoms with Crippen molar-refractivity contribution in [2.24, 2.45) is 18.7 Å². The molecule has 0 atom stereocenters. The van der Waals surface area contributed by atoms with Gasteiger partial charge in [-0.2, -0.15) is 5.10 Å². The molecule has 3 aromatic rings. The van der Waals surface area contributed by atoms with Crippen molar-refractivity contribution < 1.29 is 9.53 Å². The summed E-state index contributed by atoms with van der Waals surface area (Å²) in [4.78, 5) is 12.2. The molecule has 8 nitrogen and oxygen atoms in total. The normalized spacial score (nSPS) is 10.7. The van der Waals surface area contributed by atoms with Crippen LogP contribution in [-0.4, -0.2) is 27.9 Å². The SMILES string of the molecule is CCc1cccc(N(N)C(=O)N(C)N)c1COc1ccc(-c2ccn(C)n2)cc1Cl. The van der Waals surface area contributed by atoms with Gasteiger partial charge in [0.2, 0.25) is 0 Å². The van der Waals surface area contributed by atoms with E-state index in [-0.39, 0.29) is 6.61 Å². The molecule has 0 radical (unpaired) electrons. The Balaban J connectivity index is 1.85. The number of hydrogen-bond acceptors (Lipinski definition) is 5. The van der Waals surface area contributed by atoms with Gasteiger partial charge >= 0.3 is 6.03 Å². The second-order valence-corrected chi connectivity index (χ2v) is 7.25. The minimum atomic E-state index is -0.540. The molecule has 0 saturated heterocycles. The van der Waals surface area contributed by atoms with Gasteiger partial charge in [-0.3, -0.25) is 9.69 Å². The molecule has 1 aromatic heterocycles. The van der Waals surface area contributed by atoms with Crippen LogP contribution in [0.4, 0.5) is 10.5 Å². The van der Waals surface area contributed by atoms with E-state index >= 15 is 0 Å². The van der Waals surface area contributed by atoms with Crippen LogP contribution in [0.25, 0.3) is 11.3 Å². The lowest BCUT2D eigenvalue weighted by Gasteiger charge is -2.24. The summed E-state index contributed by atoms with van der Waals surface area (Å²) in [6.07, 6.45) is 2.62. The first-order valence-corrected chi connectivity index (χ1v) is 9.80. The number of hydrogen-bond donors (Lipinski definition) is 2. The van der Waals surface area contributed by atoms with Crippen molar-refractivity contribution in [3.05, 3.63) is 64.8 Å². The van der Waals surface area contributed by atoms with E-state index in [4.69, 9.17) is 28.0 Å². The lowest BCUT2D eigenvalue weighted by Crippen LogP contribution is -2.49. The molecular formula is C21H25ClN6O2. The van der Waals surface area contributed by atoms with Crippen molar-refractivity contribution in [3.8, 4) is 17.0 Å². The number of urea groups is 1. The first-order chi connectivity index (χ1) is 14.3. The third kappa shape index (κ3) is 4.56. The molecule has 0 fully saturated rings. The zero-order valence-electron chi connectivity index (χ0n) is 17.2. The molecule has 4 N–H and O–H groups in total. The fraction of sp³-hybridized carbons (Fsp3) is 0.238. The molecule has 2 aromatic carbocycles. The van der Waals surface area contributed by atoms with E-state index < -0.39 is 6.03 Å². The number of carbonyl (C=O) groups is 1. The maximum atomic E-state index is 12.2. The van der Waals surface area contributed by atoms with Crippen molar-refractivity contribution >= 4 is 23.3 Å². The van der Waals surface area contributed by atoms with Crippen molar-refractivity contribution in [1.29, 1.82) is 0 Å². The predicted octanol–water partition coefficient (Wildman–Crippen LogP) is 3.49. The largest absolute Gasteiger partial charge is 0.487 e. The smallest absolute Gasteiger partial charge is 0.352 e. The number of amides is 2. The lowest BCUT2D eigenvalue weighted by molar-refractivity contribution is 0.216. The van der Waals surface area contributed by atoms with E-state index in [1.807, 2.05) is 50.5 Å². The Labute approximate surface area is 180 Å². The van der Waals surface area contributed by atoms with E-state index in [1.54, 1.807) is 16.8 Å². The fourth-order valence-corrected chi connectivity index (χ4v) is 3.35. The summed E-state index contributed by atoms with van der Waals surface area (Å²) in [5, 5.41) is 6.79. The molecule has 158 valence electrons. The molecular weight excluding hydrogens is 404 g/mol. The molecule has 0 aliphatic carbocycles. The van der Waals surface area contributed by atoms with Gasteiger partial charge in [-0.15, -0.1) is 0 Å². The molecule has 0 aliphatic heterocycles. The summed E-state index contributed by atoms with van der Waals surface area (Å²) in [5.41, 5.74) is 4.05. The Morgan fingerprint density at radius 3 is 2.60 bits per heavy atom. The number of aryl methyl sites for hydroxylation is 2. The number of halogens is 1. The van der Waals surface area contributed by atoms with Gasteiger partial charge in [0.25, 0.3) is 0 Å². The average Bonchev–Trinajstić information content (AvgIpc) is 3.17. The number of ether oxygens (including phenoxy) is 1. The Kier molecular flexibility index (Phi) is 6.61. The van der Waals surface area contributed by atoms with Gasteiger partial charge in [-0.1, -0.05) is 30.7 Å². The summed E-state index contributed by atoms with van der Waals surface area (Å²) in [6, 6.07) is 12.5. The van der Waals surface area contributed by atoms with Crippen LogP contribution in [0.1, 0.15) is 18.1 Å². The minimum Gasteiger partial charge on any atom is -0.487 e. The summed E-state index contributed by atoms with van der Waals surface area (Å²) >= 11 is 6.45. The van der Waals surface area contributed by atoms with E-state index in [0.29, 0.717) is 16.5 Å². The van der Waals surface area contributed by atoms with Crippen LogP contribution >= 0.6 is 11.6 Å².